The quantitative estimate of drug-likeness (QED) is 0.601. The molecule has 0 spiro atoms. The lowest BCUT2D eigenvalue weighted by atomic mass is 10.1. The van der Waals surface area contributed by atoms with Crippen molar-refractivity contribution in [3.63, 3.8) is 0 Å². The summed E-state index contributed by atoms with van der Waals surface area (Å²) < 4.78 is 2.43. The van der Waals surface area contributed by atoms with Crippen LogP contribution in [0.3, 0.4) is 0 Å². The first-order chi connectivity index (χ1) is 13.3. The van der Waals surface area contributed by atoms with Gasteiger partial charge in [0, 0.05) is 13.0 Å². The molecule has 1 aliphatic rings. The maximum Gasteiger partial charge on any atom is 0.110 e. The molecule has 0 amide bonds. The molecule has 2 aromatic carbocycles. The normalized spacial score (nSPS) is 15.9. The van der Waals surface area contributed by atoms with Gasteiger partial charge in [0.05, 0.1) is 11.0 Å². The average molecular weight is 362 g/mol. The van der Waals surface area contributed by atoms with Crippen molar-refractivity contribution in [1.29, 1.82) is 0 Å². The molecule has 1 aromatic heterocycles. The highest BCUT2D eigenvalue weighted by atomic mass is 15.1. The number of aromatic nitrogens is 2. The van der Waals surface area contributed by atoms with E-state index in [4.69, 9.17) is 4.98 Å². The smallest absolute Gasteiger partial charge is 0.110 e. The molecule has 27 heavy (non-hydrogen) atoms. The van der Waals surface area contributed by atoms with Gasteiger partial charge in [0.2, 0.25) is 0 Å². The Kier molecular flexibility index (Phi) is 5.88. The number of rotatable bonds is 6. The van der Waals surface area contributed by atoms with Crippen molar-refractivity contribution in [1.82, 2.24) is 14.5 Å². The van der Waals surface area contributed by atoms with Crippen molar-refractivity contribution in [2.75, 3.05) is 19.6 Å². The molecule has 1 saturated heterocycles. The molecule has 0 bridgehead atoms. The predicted octanol–water partition coefficient (Wildman–Crippen LogP) is 5.20. The first kappa shape index (κ1) is 18.2. The summed E-state index contributed by atoms with van der Waals surface area (Å²) in [5.74, 6) is 1.23. The van der Waals surface area contributed by atoms with E-state index in [1.807, 2.05) is 0 Å². The summed E-state index contributed by atoms with van der Waals surface area (Å²) in [5.41, 5.74) is 5.11. The molecule has 0 radical (unpaired) electrons. The van der Waals surface area contributed by atoms with Crippen LogP contribution in [0.4, 0.5) is 0 Å². The van der Waals surface area contributed by atoms with E-state index >= 15 is 0 Å². The summed E-state index contributed by atoms with van der Waals surface area (Å²) in [6.07, 6.45) is 7.79. The summed E-state index contributed by atoms with van der Waals surface area (Å²) in [5, 5.41) is 0. The minimum absolute atomic E-state index is 0.909. The van der Waals surface area contributed by atoms with Crippen molar-refractivity contribution < 1.29 is 0 Å². The second kappa shape index (κ2) is 8.71. The molecule has 0 aliphatic carbocycles. The van der Waals surface area contributed by atoms with Crippen LogP contribution in [0.1, 0.15) is 49.1 Å². The first-order valence-electron chi connectivity index (χ1n) is 10.5. The minimum Gasteiger partial charge on any atom is -0.323 e. The Hall–Kier alpha value is -2.13. The Balaban J connectivity index is 1.52. The number of hydrogen-bond donors (Lipinski definition) is 0. The minimum atomic E-state index is 0.909. The number of imidazole rings is 1. The number of fused-ring (bicyclic) bond motifs is 1. The highest BCUT2D eigenvalue weighted by molar-refractivity contribution is 5.76. The molecule has 2 heterocycles. The molecule has 0 saturated carbocycles. The van der Waals surface area contributed by atoms with E-state index < -0.39 is 0 Å². The third-order valence-electron chi connectivity index (χ3n) is 5.90. The van der Waals surface area contributed by atoms with Gasteiger partial charge in [0.1, 0.15) is 5.82 Å². The van der Waals surface area contributed by atoms with Gasteiger partial charge >= 0.3 is 0 Å². The van der Waals surface area contributed by atoms with Crippen molar-refractivity contribution >= 4 is 11.0 Å². The highest BCUT2D eigenvalue weighted by Gasteiger charge is 2.13. The SMILES string of the molecule is Cc1ccccc1Cn1c(CCCN2CCCCCC2)nc2ccccc21. The fourth-order valence-electron chi connectivity index (χ4n) is 4.27. The second-order valence-corrected chi connectivity index (χ2v) is 7.89. The second-order valence-electron chi connectivity index (χ2n) is 7.89. The summed E-state index contributed by atoms with van der Waals surface area (Å²) >= 11 is 0. The molecular weight excluding hydrogens is 330 g/mol. The third-order valence-corrected chi connectivity index (χ3v) is 5.90. The molecule has 1 aliphatic heterocycles. The zero-order valence-electron chi connectivity index (χ0n) is 16.5. The fraction of sp³-hybridized carbons (Fsp3) is 0.458. The topological polar surface area (TPSA) is 21.1 Å². The molecule has 3 nitrogen and oxygen atoms in total. The Bertz CT molecular complexity index is 872. The van der Waals surface area contributed by atoms with Crippen molar-refractivity contribution in [2.24, 2.45) is 0 Å². The van der Waals surface area contributed by atoms with Gasteiger partial charge < -0.3 is 9.47 Å². The lowest BCUT2D eigenvalue weighted by Crippen LogP contribution is -2.26. The van der Waals surface area contributed by atoms with E-state index in [9.17, 15) is 0 Å². The van der Waals surface area contributed by atoms with E-state index in [-0.39, 0.29) is 0 Å². The zero-order chi connectivity index (χ0) is 18.5. The number of hydrogen-bond acceptors (Lipinski definition) is 2. The number of likely N-dealkylation sites (tertiary alicyclic amines) is 1. The van der Waals surface area contributed by atoms with E-state index in [0.29, 0.717) is 0 Å². The summed E-state index contributed by atoms with van der Waals surface area (Å²) in [4.78, 5) is 7.64. The number of para-hydroxylation sites is 2. The van der Waals surface area contributed by atoms with Crippen LogP contribution in [0.2, 0.25) is 0 Å². The van der Waals surface area contributed by atoms with Gasteiger partial charge in [-0.1, -0.05) is 49.2 Å². The predicted molar refractivity (Wildman–Crippen MR) is 113 cm³/mol. The van der Waals surface area contributed by atoms with Gasteiger partial charge in [-0.05, 0) is 69.1 Å². The lowest BCUT2D eigenvalue weighted by molar-refractivity contribution is 0.280. The maximum atomic E-state index is 4.98. The van der Waals surface area contributed by atoms with E-state index in [1.165, 1.54) is 74.2 Å². The number of nitrogens with zero attached hydrogens (tertiary/aromatic N) is 3. The standard InChI is InChI=1S/C24H31N3/c1-20-11-4-5-12-21(20)19-27-23-14-7-6-13-22(23)25-24(27)15-10-18-26-16-8-2-3-9-17-26/h4-7,11-14H,2-3,8-10,15-19H2,1H3. The van der Waals surface area contributed by atoms with E-state index in [1.54, 1.807) is 0 Å². The van der Waals surface area contributed by atoms with Gasteiger partial charge in [-0.15, -0.1) is 0 Å². The van der Waals surface area contributed by atoms with Crippen LogP contribution >= 0.6 is 0 Å². The molecular formula is C24H31N3. The van der Waals surface area contributed by atoms with Gasteiger partial charge in [-0.2, -0.15) is 0 Å². The van der Waals surface area contributed by atoms with Crippen LogP contribution in [-0.4, -0.2) is 34.1 Å². The van der Waals surface area contributed by atoms with Gasteiger partial charge in [-0.3, -0.25) is 0 Å². The molecule has 3 heteroatoms. The lowest BCUT2D eigenvalue weighted by Gasteiger charge is -2.19. The Labute approximate surface area is 163 Å². The molecule has 0 unspecified atom stereocenters. The van der Waals surface area contributed by atoms with Gasteiger partial charge in [-0.25, -0.2) is 4.98 Å². The Morgan fingerprint density at radius 3 is 2.44 bits per heavy atom. The molecule has 142 valence electrons. The van der Waals surface area contributed by atoms with Crippen molar-refractivity contribution in [3.8, 4) is 0 Å². The van der Waals surface area contributed by atoms with Crippen LogP contribution in [0.25, 0.3) is 11.0 Å². The Morgan fingerprint density at radius 2 is 1.63 bits per heavy atom. The average Bonchev–Trinajstić information content (AvgIpc) is 2.84. The van der Waals surface area contributed by atoms with E-state index in [2.05, 4.69) is 64.9 Å². The largest absolute Gasteiger partial charge is 0.323 e. The van der Waals surface area contributed by atoms with Crippen LogP contribution in [-0.2, 0) is 13.0 Å². The zero-order valence-corrected chi connectivity index (χ0v) is 16.5. The van der Waals surface area contributed by atoms with Crippen LogP contribution in [0.5, 0.6) is 0 Å². The van der Waals surface area contributed by atoms with Crippen LogP contribution < -0.4 is 0 Å². The molecule has 4 rings (SSSR count). The van der Waals surface area contributed by atoms with Gasteiger partial charge in [0.15, 0.2) is 0 Å². The molecule has 0 atom stereocenters. The van der Waals surface area contributed by atoms with E-state index in [0.717, 1.165) is 18.5 Å². The number of benzene rings is 2. The summed E-state index contributed by atoms with van der Waals surface area (Å²) in [7, 11) is 0. The molecule has 3 aromatic rings. The monoisotopic (exact) mass is 361 g/mol. The van der Waals surface area contributed by atoms with Crippen LogP contribution in [0, 0.1) is 6.92 Å². The maximum absolute atomic E-state index is 4.98. The molecule has 1 fully saturated rings. The fourth-order valence-corrected chi connectivity index (χ4v) is 4.27. The number of aryl methyl sites for hydroxylation is 2. The highest BCUT2D eigenvalue weighted by Crippen LogP contribution is 2.20. The third kappa shape index (κ3) is 4.41. The summed E-state index contributed by atoms with van der Waals surface area (Å²) in [6, 6.07) is 17.3. The van der Waals surface area contributed by atoms with Crippen LogP contribution in [0.15, 0.2) is 48.5 Å². The summed E-state index contributed by atoms with van der Waals surface area (Å²) in [6.45, 7) is 6.87. The van der Waals surface area contributed by atoms with Crippen molar-refractivity contribution in [3.05, 3.63) is 65.5 Å². The van der Waals surface area contributed by atoms with Crippen molar-refractivity contribution in [2.45, 2.75) is 52.0 Å². The van der Waals surface area contributed by atoms with Gasteiger partial charge in [0.25, 0.3) is 0 Å². The Morgan fingerprint density at radius 1 is 0.889 bits per heavy atom. The molecule has 0 N–H and O–H groups in total. The first-order valence-corrected chi connectivity index (χ1v) is 10.5.